The smallest absolute Gasteiger partial charge is 0.254 e. The van der Waals surface area contributed by atoms with E-state index in [4.69, 9.17) is 0 Å². The molecule has 2 N–H and O–H groups in total. The van der Waals surface area contributed by atoms with Gasteiger partial charge in [0.2, 0.25) is 0 Å². The number of aliphatic hydroxyl groups excluding tert-OH is 1. The Morgan fingerprint density at radius 2 is 1.81 bits per heavy atom. The number of carbonyl (C=O) groups is 1. The minimum absolute atomic E-state index is 0.139. The number of rotatable bonds is 3. The lowest BCUT2D eigenvalue weighted by atomic mass is 9.85. The lowest BCUT2D eigenvalue weighted by Gasteiger charge is -2.30. The van der Waals surface area contributed by atoms with Crippen LogP contribution in [-0.2, 0) is 0 Å². The van der Waals surface area contributed by atoms with E-state index in [1.807, 2.05) is 0 Å². The van der Waals surface area contributed by atoms with E-state index in [-0.39, 0.29) is 12.5 Å². The van der Waals surface area contributed by atoms with Gasteiger partial charge < -0.3 is 10.4 Å². The van der Waals surface area contributed by atoms with Crippen molar-refractivity contribution < 1.29 is 27.5 Å². The van der Waals surface area contributed by atoms with E-state index in [0.717, 1.165) is 12.8 Å². The number of aliphatic hydroxyl groups is 1. The van der Waals surface area contributed by atoms with Crippen molar-refractivity contribution in [2.75, 3.05) is 6.61 Å². The van der Waals surface area contributed by atoms with E-state index in [9.17, 15) is 27.5 Å². The Bertz CT molecular complexity index is 550. The number of halogens is 4. The van der Waals surface area contributed by atoms with E-state index in [0.29, 0.717) is 18.9 Å². The van der Waals surface area contributed by atoms with Crippen molar-refractivity contribution in [2.45, 2.75) is 31.7 Å². The molecule has 1 saturated carbocycles. The monoisotopic (exact) mass is 305 g/mol. The quantitative estimate of drug-likeness (QED) is 0.512. The maximum absolute atomic E-state index is 13.5. The summed E-state index contributed by atoms with van der Waals surface area (Å²) >= 11 is 0. The minimum Gasteiger partial charge on any atom is -0.396 e. The first-order chi connectivity index (χ1) is 9.95. The predicted molar refractivity (Wildman–Crippen MR) is 66.6 cm³/mol. The van der Waals surface area contributed by atoms with Gasteiger partial charge in [0.1, 0.15) is 0 Å². The van der Waals surface area contributed by atoms with Gasteiger partial charge in [0.15, 0.2) is 23.3 Å². The highest BCUT2D eigenvalue weighted by molar-refractivity contribution is 5.94. The molecule has 1 aliphatic carbocycles. The number of nitrogens with one attached hydrogen (secondary N) is 1. The summed E-state index contributed by atoms with van der Waals surface area (Å²) in [5.74, 6) is -8.50. The van der Waals surface area contributed by atoms with Gasteiger partial charge in [0, 0.05) is 18.6 Å². The van der Waals surface area contributed by atoms with E-state index in [2.05, 4.69) is 5.32 Å². The molecule has 0 aromatic heterocycles. The highest BCUT2D eigenvalue weighted by atomic mass is 19.2. The molecular weight excluding hydrogens is 290 g/mol. The van der Waals surface area contributed by atoms with Gasteiger partial charge in [-0.05, 0) is 18.9 Å². The molecule has 0 spiro atoms. The summed E-state index contributed by atoms with van der Waals surface area (Å²) in [4.78, 5) is 11.9. The van der Waals surface area contributed by atoms with Crippen molar-refractivity contribution in [3.63, 3.8) is 0 Å². The van der Waals surface area contributed by atoms with Crippen LogP contribution >= 0.6 is 0 Å². The number of amides is 1. The number of benzene rings is 1. The maximum atomic E-state index is 13.5. The topological polar surface area (TPSA) is 49.3 Å². The van der Waals surface area contributed by atoms with Crippen LogP contribution in [0.2, 0.25) is 0 Å². The van der Waals surface area contributed by atoms with Gasteiger partial charge in [-0.25, -0.2) is 17.6 Å². The molecule has 0 radical (unpaired) electrons. The van der Waals surface area contributed by atoms with Crippen molar-refractivity contribution in [1.29, 1.82) is 0 Å². The van der Waals surface area contributed by atoms with Gasteiger partial charge in [0.05, 0.1) is 5.56 Å². The molecule has 2 atom stereocenters. The van der Waals surface area contributed by atoms with Gasteiger partial charge in [-0.2, -0.15) is 0 Å². The average Bonchev–Trinajstić information content (AvgIpc) is 2.49. The number of hydrogen-bond acceptors (Lipinski definition) is 2. The van der Waals surface area contributed by atoms with Crippen LogP contribution in [0, 0.1) is 29.2 Å². The lowest BCUT2D eigenvalue weighted by Crippen LogP contribution is -2.43. The fourth-order valence-electron chi connectivity index (χ4n) is 2.60. The Kier molecular flexibility index (Phi) is 4.82. The van der Waals surface area contributed by atoms with E-state index in [1.54, 1.807) is 0 Å². The van der Waals surface area contributed by atoms with Crippen LogP contribution in [0.4, 0.5) is 17.6 Å². The third kappa shape index (κ3) is 3.18. The van der Waals surface area contributed by atoms with Gasteiger partial charge in [-0.1, -0.05) is 12.8 Å². The molecular formula is C14H15F4NO2. The zero-order valence-corrected chi connectivity index (χ0v) is 11.1. The Hall–Kier alpha value is -1.63. The molecule has 116 valence electrons. The molecule has 0 aliphatic heterocycles. The lowest BCUT2D eigenvalue weighted by molar-refractivity contribution is 0.0866. The van der Waals surface area contributed by atoms with Crippen LogP contribution in [0.25, 0.3) is 0 Å². The standard InChI is InChI=1S/C14H15F4NO2/c15-9-5-8(11(16)13(18)12(9)17)14(21)19-10-4-2-1-3-7(10)6-20/h5,7,10,20H,1-4,6H2,(H,19,21). The summed E-state index contributed by atoms with van der Waals surface area (Å²) < 4.78 is 52.6. The molecule has 7 heteroatoms. The molecule has 1 aromatic rings. The number of hydrogen-bond donors (Lipinski definition) is 2. The van der Waals surface area contributed by atoms with Gasteiger partial charge in [-0.3, -0.25) is 4.79 Å². The summed E-state index contributed by atoms with van der Waals surface area (Å²) in [6.45, 7) is -0.139. The first-order valence-electron chi connectivity index (χ1n) is 6.70. The fraction of sp³-hybridized carbons (Fsp3) is 0.500. The molecule has 0 bridgehead atoms. The molecule has 0 heterocycles. The molecule has 1 aliphatic rings. The molecule has 1 fully saturated rings. The average molecular weight is 305 g/mol. The van der Waals surface area contributed by atoms with E-state index in [1.165, 1.54) is 0 Å². The van der Waals surface area contributed by atoms with Crippen LogP contribution in [0.5, 0.6) is 0 Å². The Morgan fingerprint density at radius 1 is 1.14 bits per heavy atom. The van der Waals surface area contributed by atoms with Crippen LogP contribution in [-0.4, -0.2) is 23.7 Å². The normalized spacial score (nSPS) is 22.1. The maximum Gasteiger partial charge on any atom is 0.254 e. The summed E-state index contributed by atoms with van der Waals surface area (Å²) in [5.41, 5.74) is -0.881. The number of carbonyl (C=O) groups excluding carboxylic acids is 1. The van der Waals surface area contributed by atoms with Crippen LogP contribution in [0.15, 0.2) is 6.07 Å². The first kappa shape index (κ1) is 15.8. The molecule has 3 nitrogen and oxygen atoms in total. The highest BCUT2D eigenvalue weighted by Gasteiger charge is 2.29. The molecule has 21 heavy (non-hydrogen) atoms. The second-order valence-corrected chi connectivity index (χ2v) is 5.15. The Balaban J connectivity index is 2.20. The molecule has 0 saturated heterocycles. The Labute approximate surface area is 119 Å². The summed E-state index contributed by atoms with van der Waals surface area (Å²) in [6, 6.07) is -0.0633. The van der Waals surface area contributed by atoms with Crippen LogP contribution in [0.1, 0.15) is 36.0 Å². The zero-order valence-electron chi connectivity index (χ0n) is 11.1. The zero-order chi connectivity index (χ0) is 15.6. The fourth-order valence-corrected chi connectivity index (χ4v) is 2.60. The van der Waals surface area contributed by atoms with Crippen molar-refractivity contribution in [2.24, 2.45) is 5.92 Å². The molecule has 1 amide bonds. The second kappa shape index (κ2) is 6.43. The highest BCUT2D eigenvalue weighted by Crippen LogP contribution is 2.25. The minimum atomic E-state index is -2.01. The van der Waals surface area contributed by atoms with Crippen LogP contribution in [0.3, 0.4) is 0 Å². The first-order valence-corrected chi connectivity index (χ1v) is 6.70. The molecule has 2 unspecified atom stereocenters. The van der Waals surface area contributed by atoms with Crippen molar-refractivity contribution in [3.8, 4) is 0 Å². The van der Waals surface area contributed by atoms with Gasteiger partial charge in [0.25, 0.3) is 5.91 Å². The SMILES string of the molecule is O=C(NC1CCCCC1CO)c1cc(F)c(F)c(F)c1F. The van der Waals surface area contributed by atoms with Gasteiger partial charge >= 0.3 is 0 Å². The second-order valence-electron chi connectivity index (χ2n) is 5.15. The largest absolute Gasteiger partial charge is 0.396 e. The predicted octanol–water partition coefficient (Wildman–Crippen LogP) is 2.52. The van der Waals surface area contributed by atoms with E-state index >= 15 is 0 Å². The van der Waals surface area contributed by atoms with Crippen LogP contribution < -0.4 is 5.32 Å². The van der Waals surface area contributed by atoms with Crippen molar-refractivity contribution in [3.05, 3.63) is 34.9 Å². The molecule has 2 rings (SSSR count). The summed E-state index contributed by atoms with van der Waals surface area (Å²) in [5, 5.41) is 11.7. The molecule has 1 aromatic carbocycles. The third-order valence-electron chi connectivity index (χ3n) is 3.81. The van der Waals surface area contributed by atoms with E-state index < -0.39 is 40.8 Å². The third-order valence-corrected chi connectivity index (χ3v) is 3.81. The summed E-state index contributed by atoms with van der Waals surface area (Å²) in [7, 11) is 0. The van der Waals surface area contributed by atoms with Gasteiger partial charge in [-0.15, -0.1) is 0 Å². The summed E-state index contributed by atoms with van der Waals surface area (Å²) in [6.07, 6.45) is 3.03. The Morgan fingerprint density at radius 3 is 2.48 bits per heavy atom. The van der Waals surface area contributed by atoms with Crippen molar-refractivity contribution >= 4 is 5.91 Å². The van der Waals surface area contributed by atoms with Crippen molar-refractivity contribution in [1.82, 2.24) is 5.32 Å².